The van der Waals surface area contributed by atoms with Gasteiger partial charge in [-0.25, -0.2) is 0 Å². The zero-order valence-corrected chi connectivity index (χ0v) is 11.8. The second-order valence-corrected chi connectivity index (χ2v) is 4.46. The summed E-state index contributed by atoms with van der Waals surface area (Å²) in [6.45, 7) is 4.41. The van der Waals surface area contributed by atoms with Crippen LogP contribution >= 0.6 is 0 Å². The van der Waals surface area contributed by atoms with Crippen molar-refractivity contribution in [2.75, 3.05) is 6.61 Å². The van der Waals surface area contributed by atoms with E-state index in [0.717, 1.165) is 11.1 Å². The summed E-state index contributed by atoms with van der Waals surface area (Å²) in [7, 11) is 0. The minimum Gasteiger partial charge on any atom is -0.490 e. The fourth-order valence-corrected chi connectivity index (χ4v) is 1.93. The molecule has 0 radical (unpaired) electrons. The molecule has 0 N–H and O–H groups in total. The van der Waals surface area contributed by atoms with E-state index in [1.54, 1.807) is 12.1 Å². The van der Waals surface area contributed by atoms with Crippen molar-refractivity contribution in [3.05, 3.63) is 59.7 Å². The molecule has 104 valence electrons. The van der Waals surface area contributed by atoms with Crippen LogP contribution in [0, 0.1) is 6.92 Å². The van der Waals surface area contributed by atoms with E-state index in [-0.39, 0.29) is 12.4 Å². The zero-order chi connectivity index (χ0) is 14.4. The maximum Gasteiger partial charge on any atom is 0.315 e. The van der Waals surface area contributed by atoms with E-state index < -0.39 is 0 Å². The Balaban J connectivity index is 2.07. The van der Waals surface area contributed by atoms with Gasteiger partial charge in [-0.2, -0.15) is 0 Å². The van der Waals surface area contributed by atoms with Crippen LogP contribution in [-0.2, 0) is 11.2 Å². The normalized spacial score (nSPS) is 10.1. The molecule has 3 nitrogen and oxygen atoms in total. The van der Waals surface area contributed by atoms with E-state index in [0.29, 0.717) is 18.1 Å². The van der Waals surface area contributed by atoms with Gasteiger partial charge in [-0.15, -0.1) is 0 Å². The van der Waals surface area contributed by atoms with Crippen molar-refractivity contribution in [2.24, 2.45) is 0 Å². The average Bonchev–Trinajstić information content (AvgIpc) is 2.44. The van der Waals surface area contributed by atoms with Gasteiger partial charge in [-0.05, 0) is 37.1 Å². The molecule has 0 bridgehead atoms. The molecule has 2 aromatic carbocycles. The zero-order valence-electron chi connectivity index (χ0n) is 11.8. The molecule has 0 spiro atoms. The van der Waals surface area contributed by atoms with Gasteiger partial charge in [0.2, 0.25) is 0 Å². The van der Waals surface area contributed by atoms with Gasteiger partial charge in [-0.3, -0.25) is 4.79 Å². The third-order valence-electron chi connectivity index (χ3n) is 2.97. The first-order valence-electron chi connectivity index (χ1n) is 6.67. The Morgan fingerprint density at radius 3 is 2.35 bits per heavy atom. The lowest BCUT2D eigenvalue weighted by Gasteiger charge is -2.10. The highest BCUT2D eigenvalue weighted by Gasteiger charge is 2.11. The van der Waals surface area contributed by atoms with Gasteiger partial charge in [-0.1, -0.05) is 36.4 Å². The first-order valence-corrected chi connectivity index (χ1v) is 6.67. The Hall–Kier alpha value is -2.29. The quantitative estimate of drug-likeness (QED) is 0.615. The number of hydrogen-bond donors (Lipinski definition) is 0. The molecule has 0 amide bonds. The molecule has 2 rings (SSSR count). The summed E-state index contributed by atoms with van der Waals surface area (Å²) in [5, 5.41) is 0. The molecule has 0 aliphatic rings. The number of benzene rings is 2. The van der Waals surface area contributed by atoms with Crippen LogP contribution in [0.2, 0.25) is 0 Å². The van der Waals surface area contributed by atoms with E-state index in [9.17, 15) is 4.79 Å². The number of carbonyl (C=O) groups excluding carboxylic acids is 1. The van der Waals surface area contributed by atoms with E-state index in [1.165, 1.54) is 0 Å². The molecule has 0 aliphatic carbocycles. The monoisotopic (exact) mass is 270 g/mol. The molecule has 0 atom stereocenters. The summed E-state index contributed by atoms with van der Waals surface area (Å²) in [6.07, 6.45) is 0.257. The lowest BCUT2D eigenvalue weighted by molar-refractivity contribution is -0.133. The summed E-state index contributed by atoms with van der Waals surface area (Å²) in [6, 6.07) is 15.0. The summed E-state index contributed by atoms with van der Waals surface area (Å²) >= 11 is 0. The molecule has 0 aromatic heterocycles. The Morgan fingerprint density at radius 1 is 1.00 bits per heavy atom. The number of esters is 1. The fraction of sp³-hybridized carbons (Fsp3) is 0.235. The molecular formula is C17H18O3. The minimum absolute atomic E-state index is 0.257. The second kappa shape index (κ2) is 6.75. The molecule has 0 saturated heterocycles. The van der Waals surface area contributed by atoms with Crippen LogP contribution < -0.4 is 9.47 Å². The standard InChI is InChI=1S/C17H18O3/c1-3-19-15-10-6-7-11-16(15)20-17(18)12-14-9-5-4-8-13(14)2/h4-11H,3,12H2,1-2H3. The number of hydrogen-bond acceptors (Lipinski definition) is 3. The third-order valence-corrected chi connectivity index (χ3v) is 2.97. The van der Waals surface area contributed by atoms with Gasteiger partial charge in [0.05, 0.1) is 13.0 Å². The second-order valence-electron chi connectivity index (χ2n) is 4.46. The largest absolute Gasteiger partial charge is 0.490 e. The van der Waals surface area contributed by atoms with E-state index in [4.69, 9.17) is 9.47 Å². The van der Waals surface area contributed by atoms with Crippen molar-refractivity contribution in [1.82, 2.24) is 0 Å². The lowest BCUT2D eigenvalue weighted by atomic mass is 10.1. The Bertz CT molecular complexity index is 590. The predicted molar refractivity (Wildman–Crippen MR) is 78.1 cm³/mol. The third kappa shape index (κ3) is 3.60. The molecule has 0 heterocycles. The maximum atomic E-state index is 12.0. The number of carbonyl (C=O) groups is 1. The minimum atomic E-state index is -0.286. The van der Waals surface area contributed by atoms with Crippen LogP contribution in [-0.4, -0.2) is 12.6 Å². The van der Waals surface area contributed by atoms with Crippen molar-refractivity contribution in [1.29, 1.82) is 0 Å². The van der Waals surface area contributed by atoms with Gasteiger partial charge in [0, 0.05) is 0 Å². The molecule has 0 fully saturated rings. The van der Waals surface area contributed by atoms with Crippen LogP contribution in [0.5, 0.6) is 11.5 Å². The Kier molecular flexibility index (Phi) is 4.77. The van der Waals surface area contributed by atoms with Crippen LogP contribution in [0.3, 0.4) is 0 Å². The number of rotatable bonds is 5. The van der Waals surface area contributed by atoms with E-state index >= 15 is 0 Å². The molecule has 0 saturated carbocycles. The van der Waals surface area contributed by atoms with Crippen LogP contribution in [0.4, 0.5) is 0 Å². The summed E-state index contributed by atoms with van der Waals surface area (Å²) in [4.78, 5) is 12.0. The molecular weight excluding hydrogens is 252 g/mol. The number of ether oxygens (including phenoxy) is 2. The highest BCUT2D eigenvalue weighted by atomic mass is 16.6. The molecule has 20 heavy (non-hydrogen) atoms. The van der Waals surface area contributed by atoms with Crippen LogP contribution in [0.1, 0.15) is 18.1 Å². The SMILES string of the molecule is CCOc1ccccc1OC(=O)Cc1ccccc1C. The summed E-state index contributed by atoms with van der Waals surface area (Å²) in [5.41, 5.74) is 2.06. The average molecular weight is 270 g/mol. The van der Waals surface area contributed by atoms with Crippen molar-refractivity contribution in [2.45, 2.75) is 20.3 Å². The van der Waals surface area contributed by atoms with Crippen molar-refractivity contribution < 1.29 is 14.3 Å². The van der Waals surface area contributed by atoms with E-state index in [2.05, 4.69) is 0 Å². The van der Waals surface area contributed by atoms with Crippen LogP contribution in [0.15, 0.2) is 48.5 Å². The van der Waals surface area contributed by atoms with Gasteiger partial charge in [0.25, 0.3) is 0 Å². The van der Waals surface area contributed by atoms with Gasteiger partial charge in [0.15, 0.2) is 11.5 Å². The van der Waals surface area contributed by atoms with Gasteiger partial charge in [0.1, 0.15) is 0 Å². The van der Waals surface area contributed by atoms with Crippen molar-refractivity contribution >= 4 is 5.97 Å². The van der Waals surface area contributed by atoms with E-state index in [1.807, 2.05) is 50.2 Å². The highest BCUT2D eigenvalue weighted by molar-refractivity contribution is 5.76. The first kappa shape index (κ1) is 14.1. The molecule has 0 unspecified atom stereocenters. The lowest BCUT2D eigenvalue weighted by Crippen LogP contribution is -2.12. The Morgan fingerprint density at radius 2 is 1.65 bits per heavy atom. The Labute approximate surface area is 119 Å². The van der Waals surface area contributed by atoms with Crippen LogP contribution in [0.25, 0.3) is 0 Å². The molecule has 2 aromatic rings. The summed E-state index contributed by atoms with van der Waals surface area (Å²) < 4.78 is 10.8. The van der Waals surface area contributed by atoms with Gasteiger partial charge < -0.3 is 9.47 Å². The first-order chi connectivity index (χ1) is 9.70. The van der Waals surface area contributed by atoms with Crippen molar-refractivity contribution in [3.63, 3.8) is 0 Å². The summed E-state index contributed by atoms with van der Waals surface area (Å²) in [5.74, 6) is 0.771. The molecule has 3 heteroatoms. The van der Waals surface area contributed by atoms with Gasteiger partial charge >= 0.3 is 5.97 Å². The predicted octanol–water partition coefficient (Wildman–Crippen LogP) is 3.54. The number of para-hydroxylation sites is 2. The topological polar surface area (TPSA) is 35.5 Å². The maximum absolute atomic E-state index is 12.0. The molecule has 0 aliphatic heterocycles. The fourth-order valence-electron chi connectivity index (χ4n) is 1.93. The van der Waals surface area contributed by atoms with Crippen molar-refractivity contribution in [3.8, 4) is 11.5 Å². The smallest absolute Gasteiger partial charge is 0.315 e. The number of aryl methyl sites for hydroxylation is 1. The highest BCUT2D eigenvalue weighted by Crippen LogP contribution is 2.26.